The molecule has 0 amide bonds. The van der Waals surface area contributed by atoms with Crippen molar-refractivity contribution in [3.05, 3.63) is 0 Å². The maximum absolute atomic E-state index is 11.8. The van der Waals surface area contributed by atoms with Gasteiger partial charge in [0.25, 0.3) is 0 Å². The van der Waals surface area contributed by atoms with E-state index in [2.05, 4.69) is 4.74 Å². The quantitative estimate of drug-likeness (QED) is 0.634. The van der Waals surface area contributed by atoms with Gasteiger partial charge in [-0.2, -0.15) is 13.2 Å². The van der Waals surface area contributed by atoms with Crippen molar-refractivity contribution >= 4 is 5.97 Å². The molecule has 3 N–H and O–H groups in total. The zero-order chi connectivity index (χ0) is 11.2. The molecule has 14 heavy (non-hydrogen) atoms. The first-order valence-electron chi connectivity index (χ1n) is 3.98. The van der Waals surface area contributed by atoms with Crippen molar-refractivity contribution in [2.75, 3.05) is 20.2 Å². The second-order valence-electron chi connectivity index (χ2n) is 2.65. The summed E-state index contributed by atoms with van der Waals surface area (Å²) in [5, 5.41) is 2.03. The Morgan fingerprint density at radius 2 is 2.14 bits per heavy atom. The molecule has 0 heterocycles. The molecule has 7 heteroatoms. The average Bonchev–Trinajstić information content (AvgIpc) is 2.09. The molecule has 0 rings (SSSR count). The second kappa shape index (κ2) is 5.82. The van der Waals surface area contributed by atoms with E-state index in [1.54, 1.807) is 0 Å². The van der Waals surface area contributed by atoms with Crippen molar-refractivity contribution < 1.29 is 22.7 Å². The van der Waals surface area contributed by atoms with Crippen LogP contribution in [0.1, 0.15) is 6.42 Å². The number of nitrogens with two attached hydrogens (primary N) is 1. The summed E-state index contributed by atoms with van der Waals surface area (Å²) in [6, 6.07) is -0.994. The molecule has 0 aliphatic rings. The highest BCUT2D eigenvalue weighted by Crippen LogP contribution is 2.13. The van der Waals surface area contributed by atoms with E-state index in [0.717, 1.165) is 7.11 Å². The zero-order valence-corrected chi connectivity index (χ0v) is 7.73. The van der Waals surface area contributed by atoms with E-state index < -0.39 is 24.7 Å². The molecule has 0 aliphatic carbocycles. The molecule has 0 aromatic carbocycles. The van der Waals surface area contributed by atoms with Gasteiger partial charge in [0.2, 0.25) is 0 Å². The predicted octanol–water partition coefficient (Wildman–Crippen LogP) is 0.0287. The van der Waals surface area contributed by atoms with E-state index in [0.29, 0.717) is 0 Å². The molecule has 4 nitrogen and oxygen atoms in total. The van der Waals surface area contributed by atoms with Crippen molar-refractivity contribution in [3.63, 3.8) is 0 Å². The van der Waals surface area contributed by atoms with Gasteiger partial charge in [-0.25, -0.2) is 0 Å². The number of hydrogen-bond acceptors (Lipinski definition) is 4. The lowest BCUT2D eigenvalue weighted by atomic mass is 10.2. The lowest BCUT2D eigenvalue weighted by Crippen LogP contribution is -2.43. The van der Waals surface area contributed by atoms with E-state index in [-0.39, 0.29) is 13.0 Å². The number of carbonyl (C=O) groups excluding carboxylic acids is 1. The number of halogens is 3. The topological polar surface area (TPSA) is 64.3 Å². The number of esters is 1. The molecular formula is C7H13F3N2O2. The molecule has 0 radical (unpaired) electrons. The summed E-state index contributed by atoms with van der Waals surface area (Å²) in [4.78, 5) is 10.9. The molecule has 0 aromatic heterocycles. The predicted molar refractivity (Wildman–Crippen MR) is 43.5 cm³/mol. The third-order valence-corrected chi connectivity index (χ3v) is 1.49. The van der Waals surface area contributed by atoms with Gasteiger partial charge in [-0.3, -0.25) is 10.1 Å². The minimum atomic E-state index is -4.35. The normalized spacial score (nSPS) is 13.8. The number of carbonyl (C=O) groups is 1. The van der Waals surface area contributed by atoms with Gasteiger partial charge in [-0.1, -0.05) is 0 Å². The van der Waals surface area contributed by atoms with Crippen LogP contribution in [0.25, 0.3) is 0 Å². The Labute approximate surface area is 79.6 Å². The molecule has 0 spiro atoms. The standard InChI is InChI=1S/C7H13F3N2O2/c1-14-6(13)5(2-3-11)12-4-7(8,9)10/h5,12H,2-4,11H2,1H3. The van der Waals surface area contributed by atoms with Crippen LogP contribution in [-0.2, 0) is 9.53 Å². The largest absolute Gasteiger partial charge is 0.468 e. The van der Waals surface area contributed by atoms with Gasteiger partial charge in [0.15, 0.2) is 0 Å². The van der Waals surface area contributed by atoms with E-state index >= 15 is 0 Å². The fourth-order valence-electron chi connectivity index (χ4n) is 0.851. The highest BCUT2D eigenvalue weighted by atomic mass is 19.4. The van der Waals surface area contributed by atoms with Gasteiger partial charge in [0.1, 0.15) is 6.04 Å². The summed E-state index contributed by atoms with van der Waals surface area (Å²) < 4.78 is 39.6. The smallest absolute Gasteiger partial charge is 0.401 e. The fraction of sp³-hybridized carbons (Fsp3) is 0.857. The van der Waals surface area contributed by atoms with Gasteiger partial charge < -0.3 is 10.5 Å². The number of hydrogen-bond donors (Lipinski definition) is 2. The number of rotatable bonds is 5. The number of alkyl halides is 3. The molecular weight excluding hydrogens is 201 g/mol. The molecule has 0 aromatic rings. The van der Waals surface area contributed by atoms with Crippen LogP contribution < -0.4 is 11.1 Å². The van der Waals surface area contributed by atoms with Crippen LogP contribution in [0.2, 0.25) is 0 Å². The van der Waals surface area contributed by atoms with E-state index in [1.165, 1.54) is 0 Å². The van der Waals surface area contributed by atoms with Gasteiger partial charge in [-0.15, -0.1) is 0 Å². The first-order chi connectivity index (χ1) is 6.40. The number of nitrogens with one attached hydrogen (secondary N) is 1. The minimum absolute atomic E-state index is 0.114. The average molecular weight is 214 g/mol. The Hall–Kier alpha value is -0.820. The van der Waals surface area contributed by atoms with Crippen molar-refractivity contribution in [2.24, 2.45) is 5.73 Å². The van der Waals surface area contributed by atoms with Crippen molar-refractivity contribution in [1.82, 2.24) is 5.32 Å². The maximum Gasteiger partial charge on any atom is 0.401 e. The first-order valence-corrected chi connectivity index (χ1v) is 3.98. The van der Waals surface area contributed by atoms with Crippen molar-refractivity contribution in [1.29, 1.82) is 0 Å². The molecule has 0 saturated carbocycles. The maximum atomic E-state index is 11.8. The van der Waals surface area contributed by atoms with Crippen LogP contribution in [0.4, 0.5) is 13.2 Å². The Kier molecular flexibility index (Phi) is 5.47. The van der Waals surface area contributed by atoms with Crippen LogP contribution in [0.5, 0.6) is 0 Å². The summed E-state index contributed by atoms with van der Waals surface area (Å²) in [6.45, 7) is -1.11. The van der Waals surface area contributed by atoms with E-state index in [4.69, 9.17) is 5.73 Å². The van der Waals surface area contributed by atoms with Crippen LogP contribution in [-0.4, -0.2) is 38.4 Å². The molecule has 1 atom stereocenters. The number of ether oxygens (including phenoxy) is 1. The summed E-state index contributed by atoms with van der Waals surface area (Å²) in [7, 11) is 1.11. The highest BCUT2D eigenvalue weighted by molar-refractivity contribution is 5.75. The van der Waals surface area contributed by atoms with E-state index in [1.807, 2.05) is 5.32 Å². The lowest BCUT2D eigenvalue weighted by Gasteiger charge is -2.16. The van der Waals surface area contributed by atoms with Crippen LogP contribution in [0.3, 0.4) is 0 Å². The summed E-state index contributed by atoms with van der Waals surface area (Å²) in [6.07, 6.45) is -4.23. The first kappa shape index (κ1) is 13.2. The fourth-order valence-corrected chi connectivity index (χ4v) is 0.851. The van der Waals surface area contributed by atoms with Crippen LogP contribution >= 0.6 is 0 Å². The monoisotopic (exact) mass is 214 g/mol. The van der Waals surface area contributed by atoms with Crippen molar-refractivity contribution in [2.45, 2.75) is 18.6 Å². The molecule has 0 aliphatic heterocycles. The lowest BCUT2D eigenvalue weighted by molar-refractivity contribution is -0.146. The summed E-state index contributed by atoms with van der Waals surface area (Å²) in [5.74, 6) is -0.736. The summed E-state index contributed by atoms with van der Waals surface area (Å²) >= 11 is 0. The second-order valence-corrected chi connectivity index (χ2v) is 2.65. The SMILES string of the molecule is COC(=O)C(CCN)NCC(F)(F)F. The van der Waals surface area contributed by atoms with Gasteiger partial charge in [-0.05, 0) is 13.0 Å². The Morgan fingerprint density at radius 1 is 1.57 bits per heavy atom. The Balaban J connectivity index is 4.03. The van der Waals surface area contributed by atoms with E-state index in [9.17, 15) is 18.0 Å². The minimum Gasteiger partial charge on any atom is -0.468 e. The molecule has 0 saturated heterocycles. The Bertz CT molecular complexity index is 184. The summed E-state index contributed by atoms with van der Waals surface area (Å²) in [5.41, 5.74) is 5.13. The molecule has 1 unspecified atom stereocenters. The molecule has 84 valence electrons. The third kappa shape index (κ3) is 5.76. The number of methoxy groups -OCH3 is 1. The molecule has 0 fully saturated rings. The van der Waals surface area contributed by atoms with Gasteiger partial charge in [0, 0.05) is 0 Å². The van der Waals surface area contributed by atoms with Crippen LogP contribution in [0.15, 0.2) is 0 Å². The molecule has 0 bridgehead atoms. The highest BCUT2D eigenvalue weighted by Gasteiger charge is 2.29. The van der Waals surface area contributed by atoms with Gasteiger partial charge in [0.05, 0.1) is 13.7 Å². The Morgan fingerprint density at radius 3 is 2.50 bits per heavy atom. The van der Waals surface area contributed by atoms with Crippen molar-refractivity contribution in [3.8, 4) is 0 Å². The van der Waals surface area contributed by atoms with Gasteiger partial charge >= 0.3 is 12.1 Å². The van der Waals surface area contributed by atoms with Crippen LogP contribution in [0, 0.1) is 0 Å². The third-order valence-electron chi connectivity index (χ3n) is 1.49. The zero-order valence-electron chi connectivity index (χ0n) is 7.73.